The van der Waals surface area contributed by atoms with Gasteiger partial charge in [0.05, 0.1) is 17.5 Å². The molecule has 1 atom stereocenters. The van der Waals surface area contributed by atoms with Gasteiger partial charge in [-0.3, -0.25) is 9.59 Å². The van der Waals surface area contributed by atoms with Gasteiger partial charge in [-0.05, 0) is 29.9 Å². The maximum absolute atomic E-state index is 12.4. The highest BCUT2D eigenvalue weighted by atomic mass is 32.1. The minimum absolute atomic E-state index is 0.0174. The molecule has 1 aliphatic rings. The fourth-order valence-electron chi connectivity index (χ4n) is 2.84. The Balaban J connectivity index is 1.61. The minimum Gasteiger partial charge on any atom is -0.342 e. The van der Waals surface area contributed by atoms with Crippen LogP contribution in [-0.4, -0.2) is 29.8 Å². The molecule has 1 aromatic heterocycles. The number of benzene rings is 1. The van der Waals surface area contributed by atoms with Crippen molar-refractivity contribution in [3.63, 3.8) is 0 Å². The van der Waals surface area contributed by atoms with Crippen molar-refractivity contribution in [3.8, 4) is 0 Å². The van der Waals surface area contributed by atoms with E-state index in [9.17, 15) is 9.59 Å². The van der Waals surface area contributed by atoms with Crippen LogP contribution in [0.5, 0.6) is 0 Å². The number of carbonyl (C=O) groups excluding carboxylic acids is 2. The summed E-state index contributed by atoms with van der Waals surface area (Å²) in [5, 5.41) is 4.56. The zero-order chi connectivity index (χ0) is 15.4. The fraction of sp³-hybridized carbons (Fsp3) is 0.294. The van der Waals surface area contributed by atoms with Crippen molar-refractivity contribution in [3.05, 3.63) is 58.3 Å². The summed E-state index contributed by atoms with van der Waals surface area (Å²) in [6.45, 7) is 0.813. The van der Waals surface area contributed by atoms with Gasteiger partial charge < -0.3 is 10.2 Å². The van der Waals surface area contributed by atoms with Crippen LogP contribution < -0.4 is 5.32 Å². The molecule has 1 unspecified atom stereocenters. The topological polar surface area (TPSA) is 49.4 Å². The van der Waals surface area contributed by atoms with Gasteiger partial charge in [-0.2, -0.15) is 0 Å². The van der Waals surface area contributed by atoms with Gasteiger partial charge in [0, 0.05) is 6.54 Å². The van der Waals surface area contributed by atoms with Gasteiger partial charge in [0.2, 0.25) is 5.91 Å². The second kappa shape index (κ2) is 6.75. The van der Waals surface area contributed by atoms with Crippen molar-refractivity contribution in [2.75, 3.05) is 13.1 Å². The molecule has 5 heteroatoms. The summed E-state index contributed by atoms with van der Waals surface area (Å²) < 4.78 is 0. The van der Waals surface area contributed by atoms with E-state index in [2.05, 4.69) is 17.4 Å². The summed E-state index contributed by atoms with van der Waals surface area (Å²) in [4.78, 5) is 26.8. The van der Waals surface area contributed by atoms with Crippen molar-refractivity contribution >= 4 is 23.2 Å². The van der Waals surface area contributed by atoms with Crippen LogP contribution in [0.4, 0.5) is 0 Å². The lowest BCUT2D eigenvalue weighted by atomic mass is 10.0. The highest BCUT2D eigenvalue weighted by Gasteiger charge is 2.29. The van der Waals surface area contributed by atoms with Crippen LogP contribution in [0.3, 0.4) is 0 Å². The maximum atomic E-state index is 12.4. The number of nitrogens with one attached hydrogen (secondary N) is 1. The number of rotatable bonds is 4. The molecule has 2 heterocycles. The molecular weight excluding hydrogens is 296 g/mol. The Kier molecular flexibility index (Phi) is 4.53. The van der Waals surface area contributed by atoms with E-state index in [1.807, 2.05) is 34.5 Å². The zero-order valence-corrected chi connectivity index (χ0v) is 13.0. The second-order valence-corrected chi connectivity index (χ2v) is 6.26. The van der Waals surface area contributed by atoms with Crippen molar-refractivity contribution in [1.82, 2.24) is 10.2 Å². The number of nitrogens with zero attached hydrogens (tertiary/aromatic N) is 1. The van der Waals surface area contributed by atoms with Crippen LogP contribution >= 0.6 is 11.3 Å². The summed E-state index contributed by atoms with van der Waals surface area (Å²) >= 11 is 1.38. The fourth-order valence-corrected chi connectivity index (χ4v) is 3.48. The first kappa shape index (κ1) is 14.8. The van der Waals surface area contributed by atoms with Crippen LogP contribution in [0, 0.1) is 0 Å². The third kappa shape index (κ3) is 3.20. The van der Waals surface area contributed by atoms with Crippen LogP contribution in [0.25, 0.3) is 0 Å². The lowest BCUT2D eigenvalue weighted by Gasteiger charge is -2.25. The van der Waals surface area contributed by atoms with Crippen LogP contribution in [0.15, 0.2) is 47.8 Å². The van der Waals surface area contributed by atoms with E-state index in [-0.39, 0.29) is 24.4 Å². The van der Waals surface area contributed by atoms with Crippen molar-refractivity contribution in [2.24, 2.45) is 0 Å². The maximum Gasteiger partial charge on any atom is 0.261 e. The summed E-state index contributed by atoms with van der Waals surface area (Å²) in [5.74, 6) is -0.199. The summed E-state index contributed by atoms with van der Waals surface area (Å²) in [6.07, 6.45) is 1.98. The average Bonchev–Trinajstić information content (AvgIpc) is 3.24. The average molecular weight is 314 g/mol. The number of likely N-dealkylation sites (tertiary alicyclic amines) is 1. The summed E-state index contributed by atoms with van der Waals surface area (Å²) in [5.41, 5.74) is 1.16. The molecule has 0 aliphatic carbocycles. The van der Waals surface area contributed by atoms with Gasteiger partial charge in [-0.1, -0.05) is 36.4 Å². The van der Waals surface area contributed by atoms with E-state index < -0.39 is 0 Å². The largest absolute Gasteiger partial charge is 0.342 e. The molecule has 4 nitrogen and oxygen atoms in total. The monoisotopic (exact) mass is 314 g/mol. The number of carbonyl (C=O) groups is 2. The first-order valence-electron chi connectivity index (χ1n) is 7.42. The molecule has 3 rings (SSSR count). The smallest absolute Gasteiger partial charge is 0.261 e. The van der Waals surface area contributed by atoms with E-state index in [0.29, 0.717) is 4.88 Å². The molecule has 0 saturated carbocycles. The Morgan fingerprint density at radius 1 is 1.18 bits per heavy atom. The third-order valence-electron chi connectivity index (χ3n) is 3.90. The molecule has 1 fully saturated rings. The van der Waals surface area contributed by atoms with Crippen molar-refractivity contribution in [2.45, 2.75) is 18.9 Å². The quantitative estimate of drug-likeness (QED) is 0.943. The lowest BCUT2D eigenvalue weighted by molar-refractivity contribution is -0.131. The Morgan fingerprint density at radius 2 is 2.00 bits per heavy atom. The first-order chi connectivity index (χ1) is 10.8. The highest BCUT2D eigenvalue weighted by molar-refractivity contribution is 7.12. The predicted molar refractivity (Wildman–Crippen MR) is 86.8 cm³/mol. The van der Waals surface area contributed by atoms with Crippen LogP contribution in [0.2, 0.25) is 0 Å². The lowest BCUT2D eigenvalue weighted by Crippen LogP contribution is -2.39. The molecule has 0 spiro atoms. The summed E-state index contributed by atoms with van der Waals surface area (Å²) in [7, 11) is 0. The van der Waals surface area contributed by atoms with E-state index in [4.69, 9.17) is 0 Å². The van der Waals surface area contributed by atoms with Gasteiger partial charge in [0.1, 0.15) is 0 Å². The molecule has 2 aromatic rings. The number of amides is 2. The predicted octanol–water partition coefficient (Wildman–Crippen LogP) is 2.84. The van der Waals surface area contributed by atoms with Crippen molar-refractivity contribution < 1.29 is 9.59 Å². The normalized spacial score (nSPS) is 17.5. The molecule has 1 aliphatic heterocycles. The number of thiophene rings is 1. The Morgan fingerprint density at radius 3 is 2.73 bits per heavy atom. The molecule has 1 saturated heterocycles. The third-order valence-corrected chi connectivity index (χ3v) is 4.77. The molecule has 114 valence electrons. The van der Waals surface area contributed by atoms with Crippen LogP contribution in [-0.2, 0) is 4.79 Å². The first-order valence-corrected chi connectivity index (χ1v) is 8.30. The van der Waals surface area contributed by atoms with Crippen LogP contribution in [0.1, 0.15) is 34.1 Å². The van der Waals surface area contributed by atoms with E-state index in [1.54, 1.807) is 6.07 Å². The second-order valence-electron chi connectivity index (χ2n) is 5.32. The van der Waals surface area contributed by atoms with Gasteiger partial charge in [-0.25, -0.2) is 0 Å². The van der Waals surface area contributed by atoms with E-state index in [1.165, 1.54) is 11.3 Å². The zero-order valence-electron chi connectivity index (χ0n) is 12.2. The Bertz CT molecular complexity index is 640. The number of hydrogen-bond donors (Lipinski definition) is 1. The van der Waals surface area contributed by atoms with E-state index in [0.717, 1.165) is 24.9 Å². The van der Waals surface area contributed by atoms with Gasteiger partial charge in [0.25, 0.3) is 5.91 Å². The van der Waals surface area contributed by atoms with Gasteiger partial charge >= 0.3 is 0 Å². The van der Waals surface area contributed by atoms with Gasteiger partial charge in [0.15, 0.2) is 0 Å². The standard InChI is InChI=1S/C17H18N2O2S/c20-16(12-18-17(21)15-9-5-11-22-15)19-10-4-8-14(19)13-6-2-1-3-7-13/h1-3,5-7,9,11,14H,4,8,10,12H2,(H,18,21). The number of hydrogen-bond acceptors (Lipinski definition) is 3. The molecule has 0 bridgehead atoms. The minimum atomic E-state index is -0.182. The highest BCUT2D eigenvalue weighted by Crippen LogP contribution is 2.31. The Hall–Kier alpha value is -2.14. The van der Waals surface area contributed by atoms with E-state index >= 15 is 0 Å². The molecular formula is C17H18N2O2S. The summed E-state index contributed by atoms with van der Waals surface area (Å²) in [6, 6.07) is 13.8. The molecule has 1 N–H and O–H groups in total. The molecule has 22 heavy (non-hydrogen) atoms. The molecule has 2 amide bonds. The Labute approximate surface area is 133 Å². The van der Waals surface area contributed by atoms with Crippen molar-refractivity contribution in [1.29, 1.82) is 0 Å². The molecule has 0 radical (unpaired) electrons. The van der Waals surface area contributed by atoms with Gasteiger partial charge in [-0.15, -0.1) is 11.3 Å². The molecule has 1 aromatic carbocycles. The SMILES string of the molecule is O=C(NCC(=O)N1CCCC1c1ccccc1)c1cccs1.